The van der Waals surface area contributed by atoms with E-state index in [9.17, 15) is 4.79 Å². The van der Waals surface area contributed by atoms with Crippen molar-refractivity contribution in [3.8, 4) is 11.5 Å². The van der Waals surface area contributed by atoms with Gasteiger partial charge in [0.25, 0.3) is 0 Å². The lowest BCUT2D eigenvalue weighted by Crippen LogP contribution is -2.16. The van der Waals surface area contributed by atoms with Crippen molar-refractivity contribution in [2.45, 2.75) is 19.6 Å². The zero-order chi connectivity index (χ0) is 12.2. The van der Waals surface area contributed by atoms with Crippen LogP contribution in [0.25, 0.3) is 0 Å². The second kappa shape index (κ2) is 4.81. The number of pyridine rings is 1. The van der Waals surface area contributed by atoms with E-state index in [1.54, 1.807) is 18.3 Å². The predicted molar refractivity (Wildman–Crippen MR) is 66.1 cm³/mol. The number of hydrogen-bond acceptors (Lipinski definition) is 2. The fourth-order valence-electron chi connectivity index (χ4n) is 0.946. The highest BCUT2D eigenvalue weighted by atomic mass is 28.3. The molecule has 1 rings (SSSR count). The van der Waals surface area contributed by atoms with E-state index in [1.807, 2.05) is 0 Å². The number of carbonyl (C=O) groups is 1. The van der Waals surface area contributed by atoms with Crippen molar-refractivity contribution in [3.63, 3.8) is 0 Å². The topological polar surface area (TPSA) is 62.2 Å². The van der Waals surface area contributed by atoms with Gasteiger partial charge >= 0.3 is 6.09 Å². The number of amides is 1. The van der Waals surface area contributed by atoms with Crippen LogP contribution in [0.2, 0.25) is 19.6 Å². The quantitative estimate of drug-likeness (QED) is 0.579. The van der Waals surface area contributed by atoms with E-state index < -0.39 is 14.2 Å². The number of nitrogens with zero attached hydrogens (tertiary/aromatic N) is 1. The van der Waals surface area contributed by atoms with E-state index in [1.165, 1.54) is 0 Å². The van der Waals surface area contributed by atoms with Crippen molar-refractivity contribution in [3.05, 3.63) is 23.9 Å². The van der Waals surface area contributed by atoms with Crippen molar-refractivity contribution >= 4 is 20.0 Å². The summed E-state index contributed by atoms with van der Waals surface area (Å²) < 4.78 is 0. The van der Waals surface area contributed by atoms with Gasteiger partial charge in [-0.05, 0) is 12.1 Å². The lowest BCUT2D eigenvalue weighted by atomic mass is 10.3. The molecule has 5 heteroatoms. The van der Waals surface area contributed by atoms with Crippen LogP contribution in [0.1, 0.15) is 5.56 Å². The Hall–Kier alpha value is -1.80. The summed E-state index contributed by atoms with van der Waals surface area (Å²) in [7, 11) is -1.41. The minimum Gasteiger partial charge on any atom is -0.465 e. The first-order valence-electron chi connectivity index (χ1n) is 4.86. The molecule has 0 unspecified atom stereocenters. The van der Waals surface area contributed by atoms with Crippen LogP contribution in [0.3, 0.4) is 0 Å². The second-order valence-electron chi connectivity index (χ2n) is 4.36. The molecule has 0 saturated heterocycles. The molecule has 0 aliphatic carbocycles. The Labute approximate surface area is 95.7 Å². The van der Waals surface area contributed by atoms with Crippen LogP contribution >= 0.6 is 0 Å². The van der Waals surface area contributed by atoms with E-state index in [-0.39, 0.29) is 0 Å². The molecule has 4 nitrogen and oxygen atoms in total. The largest absolute Gasteiger partial charge is 0.465 e. The normalized spacial score (nSPS) is 10.2. The molecule has 1 heterocycles. The smallest absolute Gasteiger partial charge is 0.410 e. The zero-order valence-corrected chi connectivity index (χ0v) is 10.5. The Morgan fingerprint density at radius 1 is 1.50 bits per heavy atom. The molecule has 1 amide bonds. The Morgan fingerprint density at radius 3 is 2.75 bits per heavy atom. The molecule has 1 aromatic rings. The maximum atomic E-state index is 10.4. The predicted octanol–water partition coefficient (Wildman–Crippen LogP) is 2.40. The molecule has 0 saturated carbocycles. The Morgan fingerprint density at radius 2 is 2.19 bits per heavy atom. The molecule has 1 aromatic heterocycles. The maximum absolute atomic E-state index is 10.4. The number of nitrogens with one attached hydrogen (secondary N) is 1. The molecular weight excluding hydrogens is 220 g/mol. The highest BCUT2D eigenvalue weighted by Gasteiger charge is 2.07. The summed E-state index contributed by atoms with van der Waals surface area (Å²) in [5.74, 6) is 3.34. The van der Waals surface area contributed by atoms with Gasteiger partial charge in [-0.1, -0.05) is 25.6 Å². The average molecular weight is 234 g/mol. The van der Waals surface area contributed by atoms with Crippen LogP contribution in [0.15, 0.2) is 18.3 Å². The first-order valence-corrected chi connectivity index (χ1v) is 8.36. The third-order valence-corrected chi connectivity index (χ3v) is 2.45. The van der Waals surface area contributed by atoms with Crippen LogP contribution in [0.4, 0.5) is 10.6 Å². The molecule has 0 fully saturated rings. The van der Waals surface area contributed by atoms with Crippen molar-refractivity contribution in [2.24, 2.45) is 0 Å². The van der Waals surface area contributed by atoms with Gasteiger partial charge < -0.3 is 5.11 Å². The second-order valence-corrected chi connectivity index (χ2v) is 9.11. The van der Waals surface area contributed by atoms with Gasteiger partial charge in [0.1, 0.15) is 13.9 Å². The summed E-state index contributed by atoms with van der Waals surface area (Å²) in [4.78, 5) is 14.3. The number of hydrogen-bond donors (Lipinski definition) is 2. The van der Waals surface area contributed by atoms with Crippen LogP contribution in [0, 0.1) is 11.5 Å². The Bertz CT molecular complexity index is 455. The molecule has 0 spiro atoms. The first-order chi connectivity index (χ1) is 7.37. The number of rotatable bonds is 1. The van der Waals surface area contributed by atoms with Crippen LogP contribution in [-0.4, -0.2) is 24.3 Å². The van der Waals surface area contributed by atoms with Gasteiger partial charge in [-0.3, -0.25) is 5.32 Å². The molecule has 16 heavy (non-hydrogen) atoms. The molecule has 0 atom stereocenters. The zero-order valence-electron chi connectivity index (χ0n) is 9.53. The minimum absolute atomic E-state index is 0.301. The molecule has 2 N–H and O–H groups in total. The Kier molecular flexibility index (Phi) is 3.69. The van der Waals surface area contributed by atoms with Crippen LogP contribution in [0.5, 0.6) is 0 Å². The third-order valence-electron chi connectivity index (χ3n) is 1.58. The molecule has 84 valence electrons. The number of aromatic nitrogens is 1. The molecular formula is C11H14N2O2Si. The van der Waals surface area contributed by atoms with Crippen molar-refractivity contribution < 1.29 is 9.90 Å². The van der Waals surface area contributed by atoms with Gasteiger partial charge in [0.05, 0.1) is 0 Å². The average Bonchev–Trinajstić information content (AvgIpc) is 2.13. The standard InChI is InChI=1S/C11H14N2O2Si/c1-16(2,3)7-5-9-4-6-12-10(8-9)13-11(14)15/h4,6,8H,1-3H3,(H,12,13)(H,14,15). The highest BCUT2D eigenvalue weighted by molar-refractivity contribution is 6.83. The van der Waals surface area contributed by atoms with Gasteiger partial charge in [0.2, 0.25) is 0 Å². The van der Waals surface area contributed by atoms with E-state index in [0.29, 0.717) is 5.82 Å². The summed E-state index contributed by atoms with van der Waals surface area (Å²) >= 11 is 0. The number of anilines is 1. The van der Waals surface area contributed by atoms with E-state index in [0.717, 1.165) is 5.56 Å². The van der Waals surface area contributed by atoms with E-state index in [2.05, 4.69) is 41.4 Å². The Balaban J connectivity index is 2.89. The van der Waals surface area contributed by atoms with Crippen LogP contribution < -0.4 is 5.32 Å². The molecule has 0 aliphatic rings. The fraction of sp³-hybridized carbons (Fsp3) is 0.273. The van der Waals surface area contributed by atoms with E-state index >= 15 is 0 Å². The summed E-state index contributed by atoms with van der Waals surface area (Å²) in [6.45, 7) is 6.45. The van der Waals surface area contributed by atoms with E-state index in [4.69, 9.17) is 5.11 Å². The lowest BCUT2D eigenvalue weighted by molar-refractivity contribution is 0.209. The third kappa shape index (κ3) is 4.62. The van der Waals surface area contributed by atoms with Crippen molar-refractivity contribution in [1.29, 1.82) is 0 Å². The molecule has 0 radical (unpaired) electrons. The van der Waals surface area contributed by atoms with Gasteiger partial charge in [-0.25, -0.2) is 9.78 Å². The van der Waals surface area contributed by atoms with Gasteiger partial charge in [-0.2, -0.15) is 0 Å². The summed E-state index contributed by atoms with van der Waals surface area (Å²) in [6, 6.07) is 3.39. The van der Waals surface area contributed by atoms with Gasteiger partial charge in [0, 0.05) is 11.8 Å². The minimum atomic E-state index is -1.41. The summed E-state index contributed by atoms with van der Waals surface area (Å²) in [6.07, 6.45) is 0.419. The van der Waals surface area contributed by atoms with Gasteiger partial charge in [-0.15, -0.1) is 5.54 Å². The SMILES string of the molecule is C[Si](C)(C)C#Cc1ccnc(NC(=O)O)c1. The summed E-state index contributed by atoms with van der Waals surface area (Å²) in [5, 5.41) is 10.7. The number of carboxylic acid groups (broad SMARTS) is 1. The maximum Gasteiger partial charge on any atom is 0.410 e. The fourth-order valence-corrected chi connectivity index (χ4v) is 1.47. The van der Waals surface area contributed by atoms with Crippen molar-refractivity contribution in [1.82, 2.24) is 4.98 Å². The van der Waals surface area contributed by atoms with Crippen molar-refractivity contribution in [2.75, 3.05) is 5.32 Å². The molecule has 0 aliphatic heterocycles. The summed E-state index contributed by atoms with van der Waals surface area (Å²) in [5.41, 5.74) is 3.98. The monoisotopic (exact) mass is 234 g/mol. The first kappa shape index (κ1) is 12.3. The molecule has 0 bridgehead atoms. The molecule has 0 aromatic carbocycles. The van der Waals surface area contributed by atoms with Gasteiger partial charge in [0.15, 0.2) is 0 Å². The van der Waals surface area contributed by atoms with Crippen LogP contribution in [-0.2, 0) is 0 Å². The highest BCUT2D eigenvalue weighted by Crippen LogP contribution is 2.06. The lowest BCUT2D eigenvalue weighted by Gasteiger charge is -2.03.